The lowest BCUT2D eigenvalue weighted by atomic mass is 10.2. The van der Waals surface area contributed by atoms with Gasteiger partial charge in [0, 0.05) is 24.2 Å². The van der Waals surface area contributed by atoms with Gasteiger partial charge in [-0.15, -0.1) is 0 Å². The fraction of sp³-hybridized carbons (Fsp3) is 0.167. The normalized spacial score (nSPS) is 10.2. The van der Waals surface area contributed by atoms with Crippen LogP contribution < -0.4 is 5.56 Å². The Balaban J connectivity index is 2.60. The van der Waals surface area contributed by atoms with Gasteiger partial charge in [-0.05, 0) is 24.6 Å². The van der Waals surface area contributed by atoms with Gasteiger partial charge in [0.15, 0.2) is 0 Å². The third-order valence-corrected chi connectivity index (χ3v) is 2.35. The summed E-state index contributed by atoms with van der Waals surface area (Å²) in [4.78, 5) is 15.9. The van der Waals surface area contributed by atoms with Crippen molar-refractivity contribution in [2.45, 2.75) is 13.3 Å². The van der Waals surface area contributed by atoms with Crippen LogP contribution >= 0.6 is 0 Å². The highest BCUT2D eigenvalue weighted by atomic mass is 16.1. The fourth-order valence-corrected chi connectivity index (χ4v) is 1.52. The van der Waals surface area contributed by atoms with Crippen molar-refractivity contribution >= 4 is 0 Å². The Bertz CT molecular complexity index is 503. The molecule has 0 aliphatic heterocycles. The largest absolute Gasteiger partial charge is 0.284 e. The minimum Gasteiger partial charge on any atom is -0.284 e. The van der Waals surface area contributed by atoms with E-state index in [0.717, 1.165) is 17.7 Å². The highest BCUT2D eigenvalue weighted by molar-refractivity contribution is 5.30. The van der Waals surface area contributed by atoms with E-state index in [1.165, 1.54) is 0 Å². The summed E-state index contributed by atoms with van der Waals surface area (Å²) in [6.07, 6.45) is 5.89. The van der Waals surface area contributed by atoms with Crippen LogP contribution in [0, 0.1) is 0 Å². The summed E-state index contributed by atoms with van der Waals surface area (Å²) in [6.45, 7) is 1.98. The average molecular weight is 200 g/mol. The van der Waals surface area contributed by atoms with E-state index in [2.05, 4.69) is 4.98 Å². The lowest BCUT2D eigenvalue weighted by Gasteiger charge is -2.06. The molecule has 3 heteroatoms. The van der Waals surface area contributed by atoms with E-state index in [-0.39, 0.29) is 5.56 Å². The third-order valence-electron chi connectivity index (χ3n) is 2.35. The molecule has 0 aromatic carbocycles. The van der Waals surface area contributed by atoms with Crippen LogP contribution in [0.4, 0.5) is 0 Å². The van der Waals surface area contributed by atoms with Crippen molar-refractivity contribution in [3.63, 3.8) is 0 Å². The van der Waals surface area contributed by atoms with Crippen molar-refractivity contribution in [2.75, 3.05) is 0 Å². The Kier molecular flexibility index (Phi) is 2.63. The molecule has 0 atom stereocenters. The standard InChI is InChI=1S/C12H12N2O/c1-2-10-4-3-9-14(12(10)15)11-5-7-13-8-6-11/h3-9H,2H2,1H3. The van der Waals surface area contributed by atoms with Crippen LogP contribution in [-0.2, 0) is 6.42 Å². The minimum absolute atomic E-state index is 0.0474. The van der Waals surface area contributed by atoms with Gasteiger partial charge < -0.3 is 0 Å². The number of nitrogens with zero attached hydrogens (tertiary/aromatic N) is 2. The molecule has 2 aromatic heterocycles. The molecule has 0 unspecified atom stereocenters. The molecule has 0 amide bonds. The predicted octanol–water partition coefficient (Wildman–Crippen LogP) is 1.79. The van der Waals surface area contributed by atoms with Crippen molar-refractivity contribution in [3.05, 3.63) is 58.8 Å². The van der Waals surface area contributed by atoms with Crippen molar-refractivity contribution in [1.29, 1.82) is 0 Å². The van der Waals surface area contributed by atoms with Gasteiger partial charge in [0.1, 0.15) is 0 Å². The van der Waals surface area contributed by atoms with Crippen molar-refractivity contribution in [3.8, 4) is 5.69 Å². The van der Waals surface area contributed by atoms with Crippen LogP contribution in [0.3, 0.4) is 0 Å². The minimum atomic E-state index is 0.0474. The first-order chi connectivity index (χ1) is 7.33. The smallest absolute Gasteiger partial charge is 0.258 e. The van der Waals surface area contributed by atoms with Gasteiger partial charge in [-0.3, -0.25) is 14.3 Å². The highest BCUT2D eigenvalue weighted by Crippen LogP contribution is 2.03. The summed E-state index contributed by atoms with van der Waals surface area (Å²) in [6, 6.07) is 7.39. The topological polar surface area (TPSA) is 34.9 Å². The van der Waals surface area contributed by atoms with Gasteiger partial charge in [0.05, 0.1) is 5.69 Å². The van der Waals surface area contributed by atoms with E-state index in [4.69, 9.17) is 0 Å². The molecule has 2 heterocycles. The summed E-state index contributed by atoms with van der Waals surface area (Å²) in [5.74, 6) is 0. The molecular formula is C12H12N2O. The van der Waals surface area contributed by atoms with Crippen LogP contribution in [0.2, 0.25) is 0 Å². The molecule has 0 spiro atoms. The molecule has 2 rings (SSSR count). The van der Waals surface area contributed by atoms with Crippen molar-refractivity contribution < 1.29 is 0 Å². The van der Waals surface area contributed by atoms with Gasteiger partial charge in [-0.2, -0.15) is 0 Å². The molecule has 0 radical (unpaired) electrons. The summed E-state index contributed by atoms with van der Waals surface area (Å²) >= 11 is 0. The SMILES string of the molecule is CCc1cccn(-c2ccncc2)c1=O. The number of aryl methyl sites for hydroxylation is 1. The maximum Gasteiger partial charge on any atom is 0.258 e. The molecule has 15 heavy (non-hydrogen) atoms. The van der Waals surface area contributed by atoms with E-state index in [1.54, 1.807) is 23.2 Å². The molecule has 0 aliphatic rings. The van der Waals surface area contributed by atoms with Gasteiger partial charge in [0.2, 0.25) is 0 Å². The molecule has 0 fully saturated rings. The molecule has 0 saturated carbocycles. The monoisotopic (exact) mass is 200 g/mol. The van der Waals surface area contributed by atoms with E-state index in [0.29, 0.717) is 0 Å². The Labute approximate surface area is 88.0 Å². The summed E-state index contributed by atoms with van der Waals surface area (Å²) in [5, 5.41) is 0. The van der Waals surface area contributed by atoms with Crippen LogP contribution in [0.5, 0.6) is 0 Å². The molecule has 3 nitrogen and oxygen atoms in total. The van der Waals surface area contributed by atoms with Gasteiger partial charge in [0.25, 0.3) is 5.56 Å². The highest BCUT2D eigenvalue weighted by Gasteiger charge is 2.01. The Morgan fingerprint density at radius 2 is 2.00 bits per heavy atom. The fourth-order valence-electron chi connectivity index (χ4n) is 1.52. The van der Waals surface area contributed by atoms with E-state index in [9.17, 15) is 4.79 Å². The first-order valence-electron chi connectivity index (χ1n) is 4.94. The molecule has 76 valence electrons. The average Bonchev–Trinajstić information content (AvgIpc) is 2.30. The number of rotatable bonds is 2. The lowest BCUT2D eigenvalue weighted by Crippen LogP contribution is -2.20. The van der Waals surface area contributed by atoms with Crippen LogP contribution in [0.1, 0.15) is 12.5 Å². The molecule has 0 aliphatic carbocycles. The number of pyridine rings is 2. The van der Waals surface area contributed by atoms with E-state index in [1.807, 2.05) is 31.2 Å². The van der Waals surface area contributed by atoms with Crippen LogP contribution in [0.25, 0.3) is 5.69 Å². The molecule has 0 saturated heterocycles. The first-order valence-corrected chi connectivity index (χ1v) is 4.94. The number of hydrogen-bond acceptors (Lipinski definition) is 2. The van der Waals surface area contributed by atoms with Crippen molar-refractivity contribution in [1.82, 2.24) is 9.55 Å². The Hall–Kier alpha value is -1.90. The third kappa shape index (κ3) is 1.81. The lowest BCUT2D eigenvalue weighted by molar-refractivity contribution is 0.936. The number of aromatic nitrogens is 2. The summed E-state index contributed by atoms with van der Waals surface area (Å²) in [7, 11) is 0. The maximum absolute atomic E-state index is 11.9. The zero-order valence-electron chi connectivity index (χ0n) is 8.55. The Morgan fingerprint density at radius 3 is 2.67 bits per heavy atom. The predicted molar refractivity (Wildman–Crippen MR) is 59.2 cm³/mol. The van der Waals surface area contributed by atoms with E-state index >= 15 is 0 Å². The Morgan fingerprint density at radius 1 is 1.27 bits per heavy atom. The molecule has 2 aromatic rings. The molecule has 0 bridgehead atoms. The second-order valence-electron chi connectivity index (χ2n) is 3.27. The molecular weight excluding hydrogens is 188 g/mol. The second kappa shape index (κ2) is 4.09. The maximum atomic E-state index is 11.9. The molecule has 0 N–H and O–H groups in total. The summed E-state index contributed by atoms with van der Waals surface area (Å²) in [5.41, 5.74) is 1.73. The quantitative estimate of drug-likeness (QED) is 0.740. The van der Waals surface area contributed by atoms with Gasteiger partial charge >= 0.3 is 0 Å². The zero-order valence-corrected chi connectivity index (χ0v) is 8.55. The van der Waals surface area contributed by atoms with Crippen molar-refractivity contribution in [2.24, 2.45) is 0 Å². The summed E-state index contributed by atoms with van der Waals surface area (Å²) < 4.78 is 1.64. The number of hydrogen-bond donors (Lipinski definition) is 0. The van der Waals surface area contributed by atoms with E-state index < -0.39 is 0 Å². The van der Waals surface area contributed by atoms with Crippen LogP contribution in [-0.4, -0.2) is 9.55 Å². The second-order valence-corrected chi connectivity index (χ2v) is 3.27. The zero-order chi connectivity index (χ0) is 10.7. The van der Waals surface area contributed by atoms with Gasteiger partial charge in [-0.1, -0.05) is 13.0 Å². The van der Waals surface area contributed by atoms with Crippen LogP contribution in [0.15, 0.2) is 47.7 Å². The first kappa shape index (κ1) is 9.65. The van der Waals surface area contributed by atoms with Gasteiger partial charge in [-0.25, -0.2) is 0 Å².